The molecule has 0 aromatic carbocycles. The summed E-state index contributed by atoms with van der Waals surface area (Å²) >= 11 is 0. The van der Waals surface area contributed by atoms with E-state index in [2.05, 4.69) is 32.1 Å². The van der Waals surface area contributed by atoms with Gasteiger partial charge in [-0.25, -0.2) is 0 Å². The molecule has 1 heterocycles. The van der Waals surface area contributed by atoms with Gasteiger partial charge in [0.05, 0.1) is 6.20 Å². The number of nitrogens with zero attached hydrogens (tertiary/aromatic N) is 2. The van der Waals surface area contributed by atoms with Crippen LogP contribution in [-0.4, -0.2) is 16.3 Å². The fourth-order valence-corrected chi connectivity index (χ4v) is 1.11. The van der Waals surface area contributed by atoms with Crippen LogP contribution in [0.15, 0.2) is 12.4 Å². The molecule has 0 spiro atoms. The number of aromatic nitrogens is 2. The fraction of sp³-hybridized carbons (Fsp3) is 0.700. The Morgan fingerprint density at radius 1 is 1.54 bits per heavy atom. The lowest BCUT2D eigenvalue weighted by Crippen LogP contribution is -2.25. The van der Waals surface area contributed by atoms with E-state index in [0.29, 0.717) is 0 Å². The van der Waals surface area contributed by atoms with Crippen molar-refractivity contribution in [1.82, 2.24) is 9.78 Å². The molecule has 0 radical (unpaired) electrons. The van der Waals surface area contributed by atoms with Crippen molar-refractivity contribution in [2.45, 2.75) is 33.7 Å². The van der Waals surface area contributed by atoms with Crippen LogP contribution in [0.1, 0.15) is 25.8 Å². The van der Waals surface area contributed by atoms with Crippen molar-refractivity contribution >= 4 is 0 Å². The Morgan fingerprint density at radius 3 is 2.69 bits per heavy atom. The number of aryl methyl sites for hydroxylation is 2. The van der Waals surface area contributed by atoms with Gasteiger partial charge >= 0.3 is 0 Å². The van der Waals surface area contributed by atoms with Gasteiger partial charge in [-0.15, -0.1) is 0 Å². The average Bonchev–Trinajstić information content (AvgIpc) is 2.48. The Bertz CT molecular complexity index is 263. The molecule has 1 rings (SSSR count). The van der Waals surface area contributed by atoms with Crippen molar-refractivity contribution < 1.29 is 0 Å². The predicted molar refractivity (Wildman–Crippen MR) is 54.4 cm³/mol. The Hall–Kier alpha value is -0.830. The summed E-state index contributed by atoms with van der Waals surface area (Å²) in [4.78, 5) is 0. The van der Waals surface area contributed by atoms with Crippen LogP contribution in [0.4, 0.5) is 0 Å². The molecule has 0 fully saturated rings. The highest BCUT2D eigenvalue weighted by Gasteiger charge is 2.14. The van der Waals surface area contributed by atoms with E-state index in [1.807, 2.05) is 10.9 Å². The summed E-state index contributed by atoms with van der Waals surface area (Å²) in [7, 11) is 0. The summed E-state index contributed by atoms with van der Waals surface area (Å²) in [5.41, 5.74) is 7.08. The molecule has 0 aliphatic heterocycles. The molecule has 74 valence electrons. The van der Waals surface area contributed by atoms with Gasteiger partial charge in [-0.05, 0) is 30.9 Å². The van der Waals surface area contributed by atoms with Gasteiger partial charge in [0, 0.05) is 12.7 Å². The molecule has 13 heavy (non-hydrogen) atoms. The molecule has 0 saturated heterocycles. The summed E-state index contributed by atoms with van der Waals surface area (Å²) in [6.07, 6.45) is 5.02. The van der Waals surface area contributed by atoms with Crippen LogP contribution in [0.3, 0.4) is 0 Å². The van der Waals surface area contributed by atoms with Crippen molar-refractivity contribution in [3.8, 4) is 0 Å². The van der Waals surface area contributed by atoms with Gasteiger partial charge in [0.2, 0.25) is 0 Å². The lowest BCUT2D eigenvalue weighted by Gasteiger charge is -2.21. The molecular formula is C10H19N3. The lowest BCUT2D eigenvalue weighted by molar-refractivity contribution is 0.317. The van der Waals surface area contributed by atoms with E-state index in [9.17, 15) is 0 Å². The summed E-state index contributed by atoms with van der Waals surface area (Å²) < 4.78 is 1.98. The maximum absolute atomic E-state index is 5.65. The monoisotopic (exact) mass is 181 g/mol. The van der Waals surface area contributed by atoms with Crippen LogP contribution < -0.4 is 5.73 Å². The number of nitrogens with two attached hydrogens (primary N) is 1. The SMILES string of the molecule is Cc1cnn(CCC(C)(C)CN)c1. The fourth-order valence-electron chi connectivity index (χ4n) is 1.11. The Kier molecular flexibility index (Phi) is 3.09. The van der Waals surface area contributed by atoms with E-state index >= 15 is 0 Å². The molecular weight excluding hydrogens is 162 g/mol. The maximum atomic E-state index is 5.65. The minimum Gasteiger partial charge on any atom is -0.330 e. The highest BCUT2D eigenvalue weighted by molar-refractivity contribution is 4.99. The van der Waals surface area contributed by atoms with Crippen LogP contribution in [0.2, 0.25) is 0 Å². The lowest BCUT2D eigenvalue weighted by atomic mass is 9.90. The van der Waals surface area contributed by atoms with Gasteiger partial charge in [0.25, 0.3) is 0 Å². The molecule has 0 aliphatic rings. The molecule has 0 atom stereocenters. The van der Waals surface area contributed by atoms with Crippen LogP contribution >= 0.6 is 0 Å². The minimum atomic E-state index is 0.222. The first-order valence-electron chi connectivity index (χ1n) is 4.73. The maximum Gasteiger partial charge on any atom is 0.0518 e. The van der Waals surface area contributed by atoms with Gasteiger partial charge in [-0.1, -0.05) is 13.8 Å². The molecule has 3 nitrogen and oxygen atoms in total. The van der Waals surface area contributed by atoms with Crippen LogP contribution in [0.5, 0.6) is 0 Å². The van der Waals surface area contributed by atoms with Crippen molar-refractivity contribution in [3.05, 3.63) is 18.0 Å². The molecule has 3 heteroatoms. The second-order valence-electron chi connectivity index (χ2n) is 4.40. The van der Waals surface area contributed by atoms with Crippen LogP contribution in [0, 0.1) is 12.3 Å². The first-order chi connectivity index (χ1) is 6.03. The van der Waals surface area contributed by atoms with Gasteiger partial charge in [-0.3, -0.25) is 4.68 Å². The van der Waals surface area contributed by atoms with Crippen molar-refractivity contribution in [2.24, 2.45) is 11.1 Å². The number of hydrogen-bond donors (Lipinski definition) is 1. The number of rotatable bonds is 4. The second kappa shape index (κ2) is 3.92. The first-order valence-corrected chi connectivity index (χ1v) is 4.73. The van der Waals surface area contributed by atoms with Gasteiger partial charge in [0.1, 0.15) is 0 Å². The second-order valence-corrected chi connectivity index (χ2v) is 4.40. The van der Waals surface area contributed by atoms with Gasteiger partial charge < -0.3 is 5.73 Å². The van der Waals surface area contributed by atoms with E-state index < -0.39 is 0 Å². The smallest absolute Gasteiger partial charge is 0.0518 e. The standard InChI is InChI=1S/C10H19N3/c1-9-6-12-13(7-9)5-4-10(2,3)8-11/h6-7H,4-5,8,11H2,1-3H3. The summed E-state index contributed by atoms with van der Waals surface area (Å²) in [5, 5.41) is 4.23. The summed E-state index contributed by atoms with van der Waals surface area (Å²) in [6.45, 7) is 8.11. The average molecular weight is 181 g/mol. The minimum absolute atomic E-state index is 0.222. The quantitative estimate of drug-likeness (QED) is 0.766. The first kappa shape index (κ1) is 10.3. The predicted octanol–water partition coefficient (Wildman–Crippen LogP) is 1.57. The zero-order chi connectivity index (χ0) is 9.90. The number of hydrogen-bond acceptors (Lipinski definition) is 2. The van der Waals surface area contributed by atoms with Crippen molar-refractivity contribution in [2.75, 3.05) is 6.54 Å². The van der Waals surface area contributed by atoms with Gasteiger partial charge in [-0.2, -0.15) is 5.10 Å². The summed E-state index contributed by atoms with van der Waals surface area (Å²) in [6, 6.07) is 0. The van der Waals surface area contributed by atoms with Crippen LogP contribution in [-0.2, 0) is 6.54 Å². The zero-order valence-corrected chi connectivity index (χ0v) is 8.75. The molecule has 0 bridgehead atoms. The third-order valence-electron chi connectivity index (χ3n) is 2.33. The Morgan fingerprint density at radius 2 is 2.23 bits per heavy atom. The van der Waals surface area contributed by atoms with E-state index in [-0.39, 0.29) is 5.41 Å². The Labute approximate surface area is 79.9 Å². The zero-order valence-electron chi connectivity index (χ0n) is 8.75. The molecule has 0 amide bonds. The van der Waals surface area contributed by atoms with Crippen LogP contribution in [0.25, 0.3) is 0 Å². The van der Waals surface area contributed by atoms with E-state index in [4.69, 9.17) is 5.73 Å². The van der Waals surface area contributed by atoms with Crippen molar-refractivity contribution in [1.29, 1.82) is 0 Å². The third kappa shape index (κ3) is 3.19. The molecule has 1 aromatic rings. The van der Waals surface area contributed by atoms with E-state index in [1.54, 1.807) is 0 Å². The van der Waals surface area contributed by atoms with Crippen molar-refractivity contribution in [3.63, 3.8) is 0 Å². The summed E-state index contributed by atoms with van der Waals surface area (Å²) in [5.74, 6) is 0. The Balaban J connectivity index is 2.43. The normalized spacial score (nSPS) is 12.0. The van der Waals surface area contributed by atoms with E-state index in [1.165, 1.54) is 5.56 Å². The third-order valence-corrected chi connectivity index (χ3v) is 2.33. The topological polar surface area (TPSA) is 43.8 Å². The molecule has 1 aromatic heterocycles. The molecule has 2 N–H and O–H groups in total. The largest absolute Gasteiger partial charge is 0.330 e. The van der Waals surface area contributed by atoms with E-state index in [0.717, 1.165) is 19.5 Å². The molecule has 0 saturated carbocycles. The van der Waals surface area contributed by atoms with Gasteiger partial charge in [0.15, 0.2) is 0 Å². The molecule has 0 aliphatic carbocycles. The molecule has 0 unspecified atom stereocenters. The highest BCUT2D eigenvalue weighted by atomic mass is 15.3. The highest BCUT2D eigenvalue weighted by Crippen LogP contribution is 2.18.